The van der Waals surface area contributed by atoms with Gasteiger partial charge >= 0.3 is 0 Å². The molecular formula is C18H13FN4O. The third-order valence-corrected chi connectivity index (χ3v) is 3.69. The van der Waals surface area contributed by atoms with Crippen molar-refractivity contribution < 1.29 is 9.13 Å². The molecule has 0 spiro atoms. The minimum atomic E-state index is -0.423. The lowest BCUT2D eigenvalue weighted by Gasteiger charge is -2.09. The van der Waals surface area contributed by atoms with Gasteiger partial charge in [-0.1, -0.05) is 12.1 Å². The number of aromatic amines is 1. The van der Waals surface area contributed by atoms with Gasteiger partial charge in [-0.2, -0.15) is 0 Å². The van der Waals surface area contributed by atoms with E-state index in [4.69, 9.17) is 10.5 Å². The van der Waals surface area contributed by atoms with Gasteiger partial charge in [-0.3, -0.25) is 0 Å². The van der Waals surface area contributed by atoms with E-state index in [2.05, 4.69) is 15.0 Å². The highest BCUT2D eigenvalue weighted by atomic mass is 19.1. The Bertz CT molecular complexity index is 1010. The maximum Gasteiger partial charge on any atom is 0.165 e. The molecule has 0 saturated carbocycles. The number of anilines is 1. The Morgan fingerprint density at radius 1 is 1.00 bits per heavy atom. The van der Waals surface area contributed by atoms with Crippen LogP contribution in [0.1, 0.15) is 0 Å². The van der Waals surface area contributed by atoms with Gasteiger partial charge < -0.3 is 15.5 Å². The number of hydrogen-bond acceptors (Lipinski definition) is 4. The summed E-state index contributed by atoms with van der Waals surface area (Å²) in [6, 6.07) is 11.6. The Kier molecular flexibility index (Phi) is 3.35. The number of aromatic nitrogens is 3. The Labute approximate surface area is 136 Å². The molecule has 1 aromatic carbocycles. The molecule has 0 unspecified atom stereocenters. The fourth-order valence-electron chi connectivity index (χ4n) is 2.55. The van der Waals surface area contributed by atoms with Crippen molar-refractivity contribution in [2.75, 3.05) is 5.73 Å². The van der Waals surface area contributed by atoms with Gasteiger partial charge in [0.1, 0.15) is 17.2 Å². The minimum Gasteiger partial charge on any atom is -0.453 e. The van der Waals surface area contributed by atoms with Crippen LogP contribution in [0, 0.1) is 5.82 Å². The predicted octanol–water partition coefficient (Wildman–Crippen LogP) is 4.14. The van der Waals surface area contributed by atoms with E-state index < -0.39 is 5.82 Å². The van der Waals surface area contributed by atoms with Gasteiger partial charge in [-0.05, 0) is 30.3 Å². The highest BCUT2D eigenvalue weighted by Crippen LogP contribution is 2.36. The Morgan fingerprint density at radius 3 is 2.67 bits per heavy atom. The van der Waals surface area contributed by atoms with Gasteiger partial charge in [-0.25, -0.2) is 14.4 Å². The number of rotatable bonds is 3. The molecule has 24 heavy (non-hydrogen) atoms. The molecule has 0 aliphatic heterocycles. The maximum absolute atomic E-state index is 13.9. The fraction of sp³-hybridized carbons (Fsp3) is 0. The number of pyridine rings is 2. The van der Waals surface area contributed by atoms with E-state index >= 15 is 0 Å². The van der Waals surface area contributed by atoms with Crippen molar-refractivity contribution in [1.29, 1.82) is 0 Å². The van der Waals surface area contributed by atoms with Crippen molar-refractivity contribution in [3.8, 4) is 22.6 Å². The van der Waals surface area contributed by atoms with Crippen LogP contribution in [0.3, 0.4) is 0 Å². The number of hydrogen-bond donors (Lipinski definition) is 2. The largest absolute Gasteiger partial charge is 0.453 e. The monoisotopic (exact) mass is 320 g/mol. The van der Waals surface area contributed by atoms with E-state index in [1.807, 2.05) is 12.3 Å². The number of nitrogens with two attached hydrogens (primary N) is 1. The summed E-state index contributed by atoms with van der Waals surface area (Å²) < 4.78 is 19.7. The average Bonchev–Trinajstić information content (AvgIpc) is 3.03. The Morgan fingerprint density at radius 2 is 1.88 bits per heavy atom. The number of nitrogens with zero attached hydrogens (tertiary/aromatic N) is 2. The quantitative estimate of drug-likeness (QED) is 0.595. The second kappa shape index (κ2) is 5.66. The van der Waals surface area contributed by atoms with E-state index in [0.717, 1.165) is 16.5 Å². The first kappa shape index (κ1) is 14.2. The molecule has 3 heterocycles. The van der Waals surface area contributed by atoms with Gasteiger partial charge in [-0.15, -0.1) is 0 Å². The van der Waals surface area contributed by atoms with Crippen LogP contribution in [0.2, 0.25) is 0 Å². The molecule has 0 aliphatic rings. The van der Waals surface area contributed by atoms with Crippen molar-refractivity contribution in [3.05, 3.63) is 66.9 Å². The number of para-hydroxylation sites is 1. The van der Waals surface area contributed by atoms with Crippen molar-refractivity contribution >= 4 is 16.9 Å². The van der Waals surface area contributed by atoms with Crippen LogP contribution in [0.25, 0.3) is 22.2 Å². The summed E-state index contributed by atoms with van der Waals surface area (Å²) in [5.74, 6) is 0.694. The number of ether oxygens (including phenoxy) is 1. The van der Waals surface area contributed by atoms with Crippen molar-refractivity contribution in [3.63, 3.8) is 0 Å². The van der Waals surface area contributed by atoms with Crippen molar-refractivity contribution in [2.24, 2.45) is 0 Å². The van der Waals surface area contributed by atoms with E-state index in [-0.39, 0.29) is 5.75 Å². The average molecular weight is 320 g/mol. The summed E-state index contributed by atoms with van der Waals surface area (Å²) in [6.45, 7) is 0. The summed E-state index contributed by atoms with van der Waals surface area (Å²) in [7, 11) is 0. The molecule has 4 rings (SSSR count). The highest BCUT2D eigenvalue weighted by molar-refractivity contribution is 5.98. The zero-order chi connectivity index (χ0) is 16.5. The molecule has 0 saturated heterocycles. The number of nitrogen functional groups attached to an aromatic ring is 1. The summed E-state index contributed by atoms with van der Waals surface area (Å²) in [6.07, 6.45) is 5.11. The van der Waals surface area contributed by atoms with Gasteiger partial charge in [0, 0.05) is 29.7 Å². The van der Waals surface area contributed by atoms with Crippen LogP contribution < -0.4 is 10.5 Å². The highest BCUT2D eigenvalue weighted by Gasteiger charge is 2.14. The van der Waals surface area contributed by atoms with Gasteiger partial charge in [0.15, 0.2) is 11.6 Å². The first-order valence-corrected chi connectivity index (χ1v) is 7.33. The molecule has 0 radical (unpaired) electrons. The molecule has 6 heteroatoms. The molecule has 0 amide bonds. The second-order valence-corrected chi connectivity index (χ2v) is 5.24. The predicted molar refractivity (Wildman–Crippen MR) is 90.2 cm³/mol. The van der Waals surface area contributed by atoms with Gasteiger partial charge in [0.25, 0.3) is 0 Å². The van der Waals surface area contributed by atoms with Crippen LogP contribution >= 0.6 is 0 Å². The second-order valence-electron chi connectivity index (χ2n) is 5.24. The van der Waals surface area contributed by atoms with Crippen LogP contribution in [0.4, 0.5) is 10.2 Å². The lowest BCUT2D eigenvalue weighted by molar-refractivity contribution is 0.446. The summed E-state index contributed by atoms with van der Waals surface area (Å²) in [5.41, 5.74) is 8.01. The maximum atomic E-state index is 13.9. The Balaban J connectivity index is 1.86. The number of fused-ring (bicyclic) bond motifs is 1. The lowest BCUT2D eigenvalue weighted by atomic mass is 10.1. The van der Waals surface area contributed by atoms with Crippen LogP contribution in [0.15, 0.2) is 61.1 Å². The molecule has 0 atom stereocenters. The summed E-state index contributed by atoms with van der Waals surface area (Å²) >= 11 is 0. The molecule has 3 N–H and O–H groups in total. The molecule has 0 bridgehead atoms. The molecular weight excluding hydrogens is 307 g/mol. The number of halogens is 1. The molecule has 4 aromatic rings. The zero-order valence-corrected chi connectivity index (χ0v) is 12.5. The standard InChI is InChI=1S/C18H13FN4O/c19-13-3-1-2-4-14(13)24-15-7-8-21-18-17(15)12(10-23-18)11-5-6-16(20)22-9-11/h1-10H,(H2,20,22)(H,21,23). The first-order chi connectivity index (χ1) is 11.7. The lowest BCUT2D eigenvalue weighted by Crippen LogP contribution is -1.91. The summed E-state index contributed by atoms with van der Waals surface area (Å²) in [4.78, 5) is 11.5. The van der Waals surface area contributed by atoms with Crippen molar-refractivity contribution in [1.82, 2.24) is 15.0 Å². The smallest absolute Gasteiger partial charge is 0.165 e. The number of nitrogens with one attached hydrogen (secondary N) is 1. The molecule has 3 aromatic heterocycles. The van der Waals surface area contributed by atoms with Gasteiger partial charge in [0.05, 0.1) is 5.39 Å². The number of benzene rings is 1. The summed E-state index contributed by atoms with van der Waals surface area (Å²) in [5, 5.41) is 0.757. The van der Waals surface area contributed by atoms with Crippen LogP contribution in [-0.2, 0) is 0 Å². The topological polar surface area (TPSA) is 76.8 Å². The van der Waals surface area contributed by atoms with E-state index in [0.29, 0.717) is 17.2 Å². The third-order valence-electron chi connectivity index (χ3n) is 3.69. The van der Waals surface area contributed by atoms with Gasteiger partial charge in [0.2, 0.25) is 0 Å². The molecule has 118 valence electrons. The Hall–Kier alpha value is -3.41. The van der Waals surface area contributed by atoms with Crippen LogP contribution in [0.5, 0.6) is 11.5 Å². The molecule has 0 aliphatic carbocycles. The van der Waals surface area contributed by atoms with Crippen molar-refractivity contribution in [2.45, 2.75) is 0 Å². The van der Waals surface area contributed by atoms with Crippen LogP contribution in [-0.4, -0.2) is 15.0 Å². The zero-order valence-electron chi connectivity index (χ0n) is 12.5. The molecule has 5 nitrogen and oxygen atoms in total. The fourth-order valence-corrected chi connectivity index (χ4v) is 2.55. The number of H-pyrrole nitrogens is 1. The van der Waals surface area contributed by atoms with E-state index in [1.54, 1.807) is 42.7 Å². The SMILES string of the molecule is Nc1ccc(-c2c[nH]c3nccc(Oc4ccccc4F)c23)cn1. The van der Waals surface area contributed by atoms with E-state index in [9.17, 15) is 4.39 Å². The minimum absolute atomic E-state index is 0.160. The third kappa shape index (κ3) is 2.44. The molecule has 0 fully saturated rings. The normalized spacial score (nSPS) is 10.9. The first-order valence-electron chi connectivity index (χ1n) is 7.33. The van der Waals surface area contributed by atoms with E-state index in [1.165, 1.54) is 6.07 Å².